The number of nitrogens with one attached hydrogen (secondary N) is 1. The second-order valence-electron chi connectivity index (χ2n) is 6.26. The summed E-state index contributed by atoms with van der Waals surface area (Å²) >= 11 is 18.6. The van der Waals surface area contributed by atoms with Gasteiger partial charge in [0, 0.05) is 12.0 Å². The highest BCUT2D eigenvalue weighted by atomic mass is 35.5. The van der Waals surface area contributed by atoms with Gasteiger partial charge >= 0.3 is 0 Å². The van der Waals surface area contributed by atoms with Gasteiger partial charge < -0.3 is 5.32 Å². The van der Waals surface area contributed by atoms with E-state index < -0.39 is 0 Å². The Hall–Kier alpha value is -1.75. The molecule has 0 aromatic heterocycles. The molecule has 0 radical (unpaired) electrons. The molecule has 0 fully saturated rings. The molecule has 2 aliphatic rings. The van der Waals surface area contributed by atoms with Crippen molar-refractivity contribution in [3.05, 3.63) is 78.8 Å². The van der Waals surface area contributed by atoms with Crippen LogP contribution in [0.15, 0.2) is 42.5 Å². The highest BCUT2D eigenvalue weighted by Crippen LogP contribution is 2.54. The van der Waals surface area contributed by atoms with Crippen LogP contribution in [0.2, 0.25) is 15.1 Å². The van der Waals surface area contributed by atoms with Crippen LogP contribution < -0.4 is 5.32 Å². The number of fused-ring (bicyclic) bond motifs is 3. The first-order valence-electron chi connectivity index (χ1n) is 7.82. The molecule has 0 spiro atoms. The largest absolute Gasteiger partial charge is 0.376 e. The highest BCUT2D eigenvalue weighted by Gasteiger charge is 2.42. The third-order valence-electron chi connectivity index (χ3n) is 4.95. The minimum absolute atomic E-state index is 0.0539. The van der Waals surface area contributed by atoms with Gasteiger partial charge in [0.05, 0.1) is 37.3 Å². The van der Waals surface area contributed by atoms with Crippen molar-refractivity contribution < 1.29 is 4.92 Å². The molecule has 4 rings (SSSR count). The van der Waals surface area contributed by atoms with Gasteiger partial charge in [-0.15, -0.1) is 0 Å². The molecular formula is C18H13Cl3N2O2. The first-order valence-corrected chi connectivity index (χ1v) is 8.95. The van der Waals surface area contributed by atoms with Crippen LogP contribution in [0.5, 0.6) is 0 Å². The summed E-state index contributed by atoms with van der Waals surface area (Å²) in [5.74, 6) is 0.0942. The van der Waals surface area contributed by atoms with Crippen LogP contribution in [0.3, 0.4) is 0 Å². The topological polar surface area (TPSA) is 55.2 Å². The predicted octanol–water partition coefficient (Wildman–Crippen LogP) is 6.38. The van der Waals surface area contributed by atoms with Crippen molar-refractivity contribution in [3.63, 3.8) is 0 Å². The molecule has 7 heteroatoms. The van der Waals surface area contributed by atoms with Crippen molar-refractivity contribution >= 4 is 46.2 Å². The van der Waals surface area contributed by atoms with Crippen molar-refractivity contribution in [2.45, 2.75) is 18.4 Å². The van der Waals surface area contributed by atoms with E-state index in [-0.39, 0.29) is 28.5 Å². The summed E-state index contributed by atoms with van der Waals surface area (Å²) in [7, 11) is 0. The van der Waals surface area contributed by atoms with Crippen molar-refractivity contribution in [1.29, 1.82) is 0 Å². The number of nitro groups is 1. The quantitative estimate of drug-likeness (QED) is 0.364. The zero-order chi connectivity index (χ0) is 17.7. The van der Waals surface area contributed by atoms with E-state index in [1.165, 1.54) is 6.07 Å². The number of nitro benzene ring substituents is 1. The Morgan fingerprint density at radius 2 is 1.84 bits per heavy atom. The summed E-state index contributed by atoms with van der Waals surface area (Å²) in [5, 5.41) is 16.4. The molecule has 4 nitrogen and oxygen atoms in total. The first-order chi connectivity index (χ1) is 12.0. The first kappa shape index (κ1) is 16.7. The summed E-state index contributed by atoms with van der Waals surface area (Å²) in [4.78, 5) is 11.1. The van der Waals surface area contributed by atoms with Gasteiger partial charge in [-0.25, -0.2) is 0 Å². The molecule has 1 N–H and O–H groups in total. The average Bonchev–Trinajstić information content (AvgIpc) is 3.06. The molecular weight excluding hydrogens is 383 g/mol. The zero-order valence-electron chi connectivity index (χ0n) is 12.9. The van der Waals surface area contributed by atoms with E-state index in [4.69, 9.17) is 34.8 Å². The lowest BCUT2D eigenvalue weighted by atomic mass is 9.76. The number of halogens is 3. The smallest absolute Gasteiger partial charge is 0.275 e. The lowest BCUT2D eigenvalue weighted by molar-refractivity contribution is -0.385. The summed E-state index contributed by atoms with van der Waals surface area (Å²) < 4.78 is 0. The van der Waals surface area contributed by atoms with E-state index in [0.717, 1.165) is 12.0 Å². The normalized spacial score (nSPS) is 23.7. The summed E-state index contributed by atoms with van der Waals surface area (Å²) in [6, 6.07) is 8.52. The molecule has 0 saturated carbocycles. The van der Waals surface area contributed by atoms with Crippen molar-refractivity contribution in [1.82, 2.24) is 0 Å². The Kier molecular flexibility index (Phi) is 4.14. The third-order valence-corrected chi connectivity index (χ3v) is 6.00. The van der Waals surface area contributed by atoms with Crippen molar-refractivity contribution in [2.24, 2.45) is 5.92 Å². The number of nitrogens with zero attached hydrogens (tertiary/aromatic N) is 1. The van der Waals surface area contributed by atoms with Crippen LogP contribution in [0.4, 0.5) is 11.4 Å². The summed E-state index contributed by atoms with van der Waals surface area (Å²) in [5.41, 5.74) is 2.37. The van der Waals surface area contributed by atoms with Crippen molar-refractivity contribution in [2.75, 3.05) is 5.32 Å². The minimum atomic E-state index is -0.348. The molecule has 1 heterocycles. The van der Waals surface area contributed by atoms with Gasteiger partial charge in [-0.1, -0.05) is 53.0 Å². The number of rotatable bonds is 2. The Morgan fingerprint density at radius 3 is 2.56 bits per heavy atom. The number of anilines is 1. The summed E-state index contributed by atoms with van der Waals surface area (Å²) in [6.07, 6.45) is 4.94. The van der Waals surface area contributed by atoms with Gasteiger partial charge in [0.1, 0.15) is 0 Å². The third kappa shape index (κ3) is 2.69. The maximum Gasteiger partial charge on any atom is 0.275 e. The zero-order valence-corrected chi connectivity index (χ0v) is 15.1. The highest BCUT2D eigenvalue weighted by molar-refractivity contribution is 6.42. The lowest BCUT2D eigenvalue weighted by Gasteiger charge is -2.37. The lowest BCUT2D eigenvalue weighted by Crippen LogP contribution is -2.29. The fourth-order valence-electron chi connectivity index (χ4n) is 3.85. The molecule has 1 aliphatic carbocycles. The van der Waals surface area contributed by atoms with Crippen LogP contribution >= 0.6 is 34.8 Å². The molecule has 2 aromatic carbocycles. The van der Waals surface area contributed by atoms with Gasteiger partial charge in [0.2, 0.25) is 0 Å². The van der Waals surface area contributed by atoms with E-state index in [0.29, 0.717) is 26.3 Å². The maximum absolute atomic E-state index is 11.5. The van der Waals surface area contributed by atoms with Crippen LogP contribution in [0.1, 0.15) is 29.5 Å². The molecule has 0 unspecified atom stereocenters. The molecule has 0 amide bonds. The average molecular weight is 396 g/mol. The molecule has 0 saturated heterocycles. The summed E-state index contributed by atoms with van der Waals surface area (Å²) in [6.45, 7) is 0. The van der Waals surface area contributed by atoms with E-state index in [9.17, 15) is 10.1 Å². The van der Waals surface area contributed by atoms with Gasteiger partial charge in [-0.3, -0.25) is 10.1 Å². The molecule has 1 aliphatic heterocycles. The van der Waals surface area contributed by atoms with Gasteiger partial charge in [-0.05, 0) is 36.1 Å². The van der Waals surface area contributed by atoms with Crippen LogP contribution in [-0.4, -0.2) is 4.92 Å². The SMILES string of the molecule is O=[N+]([O-])c1ccc(Cl)c2c1[C@@H]1C=CC[C@H]1[C@@H](c1ccc(Cl)c(Cl)c1)N2. The van der Waals surface area contributed by atoms with E-state index >= 15 is 0 Å². The second-order valence-corrected chi connectivity index (χ2v) is 7.48. The van der Waals surface area contributed by atoms with Gasteiger partial charge in [0.15, 0.2) is 0 Å². The number of allylic oxidation sites excluding steroid dienone is 2. The molecule has 128 valence electrons. The Balaban J connectivity index is 1.87. The molecule has 25 heavy (non-hydrogen) atoms. The van der Waals surface area contributed by atoms with Crippen LogP contribution in [-0.2, 0) is 0 Å². The van der Waals surface area contributed by atoms with Crippen LogP contribution in [0, 0.1) is 16.0 Å². The predicted molar refractivity (Wildman–Crippen MR) is 101 cm³/mol. The van der Waals surface area contributed by atoms with E-state index in [2.05, 4.69) is 11.4 Å². The molecule has 3 atom stereocenters. The number of benzene rings is 2. The maximum atomic E-state index is 11.5. The second kappa shape index (κ2) is 6.20. The standard InChI is InChI=1S/C18H13Cl3N2O2/c19-12-5-4-9(8-14(12)21)17-11-3-1-2-10(11)16-15(23(24)25)7-6-13(20)18(16)22-17/h1-2,4-8,10-11,17,22H,3H2/t10-,11-,17-/m1/s1. The molecule has 0 bridgehead atoms. The van der Waals surface area contributed by atoms with Gasteiger partial charge in [-0.2, -0.15) is 0 Å². The monoisotopic (exact) mass is 394 g/mol. The number of hydrogen-bond acceptors (Lipinski definition) is 3. The number of hydrogen-bond donors (Lipinski definition) is 1. The van der Waals surface area contributed by atoms with Crippen molar-refractivity contribution in [3.8, 4) is 0 Å². The van der Waals surface area contributed by atoms with E-state index in [1.54, 1.807) is 12.1 Å². The van der Waals surface area contributed by atoms with Gasteiger partial charge in [0.25, 0.3) is 5.69 Å². The Morgan fingerprint density at radius 1 is 1.08 bits per heavy atom. The fraction of sp³-hybridized carbons (Fsp3) is 0.222. The Bertz CT molecular complexity index is 913. The van der Waals surface area contributed by atoms with E-state index in [1.807, 2.05) is 18.2 Å². The molecule has 2 aromatic rings. The Labute approximate surface area is 159 Å². The fourth-order valence-corrected chi connectivity index (χ4v) is 4.38. The minimum Gasteiger partial charge on any atom is -0.376 e. The van der Waals surface area contributed by atoms with Crippen LogP contribution in [0.25, 0.3) is 0 Å².